The fraction of sp³-hybridized carbons (Fsp3) is 0.500. The molecule has 4 nitrogen and oxygen atoms in total. The van der Waals surface area contributed by atoms with Crippen molar-refractivity contribution in [1.82, 2.24) is 10.4 Å². The van der Waals surface area contributed by atoms with E-state index >= 15 is 0 Å². The molecule has 92 valence electrons. The third kappa shape index (κ3) is 3.19. The van der Waals surface area contributed by atoms with Gasteiger partial charge in [0.25, 0.3) is 5.91 Å². The van der Waals surface area contributed by atoms with Crippen molar-refractivity contribution in [3.63, 3.8) is 0 Å². The van der Waals surface area contributed by atoms with Crippen LogP contribution in [0.15, 0.2) is 21.8 Å². The Hall–Kier alpha value is -1.10. The van der Waals surface area contributed by atoms with E-state index in [-0.39, 0.29) is 5.91 Å². The molecule has 2 N–H and O–H groups in total. The Morgan fingerprint density at radius 1 is 1.59 bits per heavy atom. The molecule has 0 unspecified atom stereocenters. The first-order valence-corrected chi connectivity index (χ1v) is 6.67. The maximum Gasteiger partial charge on any atom is 0.287 e. The summed E-state index contributed by atoms with van der Waals surface area (Å²) in [7, 11) is 0. The second-order valence-corrected chi connectivity index (χ2v) is 5.34. The van der Waals surface area contributed by atoms with E-state index in [2.05, 4.69) is 38.4 Å². The zero-order valence-corrected chi connectivity index (χ0v) is 11.4. The number of H-pyrrole nitrogens is 1. The van der Waals surface area contributed by atoms with E-state index in [1.807, 2.05) is 0 Å². The molecule has 0 saturated heterocycles. The number of carbonyl (C=O) groups is 1. The minimum atomic E-state index is -0.194. The van der Waals surface area contributed by atoms with Crippen molar-refractivity contribution in [1.29, 1.82) is 0 Å². The van der Waals surface area contributed by atoms with E-state index in [4.69, 9.17) is 0 Å². The highest BCUT2D eigenvalue weighted by atomic mass is 79.9. The van der Waals surface area contributed by atoms with Crippen LogP contribution in [-0.2, 0) is 0 Å². The first-order chi connectivity index (χ1) is 8.16. The van der Waals surface area contributed by atoms with Crippen molar-refractivity contribution in [3.8, 4) is 0 Å². The summed E-state index contributed by atoms with van der Waals surface area (Å²) < 4.78 is 0.862. The lowest BCUT2D eigenvalue weighted by Crippen LogP contribution is -2.24. The average Bonchev–Trinajstić information content (AvgIpc) is 2.74. The van der Waals surface area contributed by atoms with E-state index in [1.165, 1.54) is 19.3 Å². The van der Waals surface area contributed by atoms with Crippen LogP contribution in [0.25, 0.3) is 0 Å². The molecule has 1 aliphatic carbocycles. The SMILES string of the molecule is C[C@@H]1CCCCC1=NNC(=O)c1cc(Br)c[nH]1. The van der Waals surface area contributed by atoms with Gasteiger partial charge < -0.3 is 4.98 Å². The van der Waals surface area contributed by atoms with Gasteiger partial charge in [-0.25, -0.2) is 5.43 Å². The lowest BCUT2D eigenvalue weighted by atomic mass is 9.89. The largest absolute Gasteiger partial charge is 0.356 e. The van der Waals surface area contributed by atoms with Gasteiger partial charge in [-0.15, -0.1) is 0 Å². The predicted molar refractivity (Wildman–Crippen MR) is 71.0 cm³/mol. The highest BCUT2D eigenvalue weighted by Gasteiger charge is 2.16. The van der Waals surface area contributed by atoms with Crippen LogP contribution in [0, 0.1) is 5.92 Å². The summed E-state index contributed by atoms with van der Waals surface area (Å²) >= 11 is 3.29. The van der Waals surface area contributed by atoms with E-state index in [9.17, 15) is 4.79 Å². The van der Waals surface area contributed by atoms with Gasteiger partial charge in [-0.2, -0.15) is 5.10 Å². The Balaban J connectivity index is 1.97. The Morgan fingerprint density at radius 2 is 2.41 bits per heavy atom. The van der Waals surface area contributed by atoms with Crippen LogP contribution in [0.2, 0.25) is 0 Å². The Morgan fingerprint density at radius 3 is 3.06 bits per heavy atom. The lowest BCUT2D eigenvalue weighted by molar-refractivity contribution is 0.0950. The van der Waals surface area contributed by atoms with Crippen molar-refractivity contribution in [2.24, 2.45) is 11.0 Å². The molecule has 0 aliphatic heterocycles. The molecule has 1 amide bonds. The summed E-state index contributed by atoms with van der Waals surface area (Å²) in [5, 5.41) is 4.23. The maximum absolute atomic E-state index is 11.7. The molecule has 1 aliphatic rings. The highest BCUT2D eigenvalue weighted by Crippen LogP contribution is 2.20. The third-order valence-corrected chi connectivity index (χ3v) is 3.54. The van der Waals surface area contributed by atoms with Crippen LogP contribution in [-0.4, -0.2) is 16.6 Å². The van der Waals surface area contributed by atoms with Gasteiger partial charge in [-0.1, -0.05) is 13.3 Å². The summed E-state index contributed by atoms with van der Waals surface area (Å²) in [6.07, 6.45) is 6.33. The minimum Gasteiger partial charge on any atom is -0.356 e. The Bertz CT molecular complexity index is 439. The Kier molecular flexibility index (Phi) is 3.99. The molecule has 0 radical (unpaired) electrons. The summed E-state index contributed by atoms with van der Waals surface area (Å²) in [5.74, 6) is 0.292. The van der Waals surface area contributed by atoms with Gasteiger partial charge >= 0.3 is 0 Å². The van der Waals surface area contributed by atoms with Gasteiger partial charge in [0.2, 0.25) is 0 Å². The molecule has 1 atom stereocenters. The van der Waals surface area contributed by atoms with E-state index in [1.54, 1.807) is 12.3 Å². The second-order valence-electron chi connectivity index (χ2n) is 4.42. The van der Waals surface area contributed by atoms with Gasteiger partial charge in [0.15, 0.2) is 0 Å². The summed E-state index contributed by atoms with van der Waals surface area (Å²) in [6.45, 7) is 2.16. The number of carbonyl (C=O) groups excluding carboxylic acids is 1. The number of halogens is 1. The monoisotopic (exact) mass is 297 g/mol. The van der Waals surface area contributed by atoms with Crippen molar-refractivity contribution in [3.05, 3.63) is 22.4 Å². The molecule has 2 rings (SSSR count). The lowest BCUT2D eigenvalue weighted by Gasteiger charge is -2.19. The van der Waals surface area contributed by atoms with Gasteiger partial charge in [0.1, 0.15) is 5.69 Å². The van der Waals surface area contributed by atoms with E-state index in [0.717, 1.165) is 16.6 Å². The van der Waals surface area contributed by atoms with Gasteiger partial charge in [0, 0.05) is 16.4 Å². The van der Waals surface area contributed by atoms with Crippen molar-refractivity contribution >= 4 is 27.5 Å². The van der Waals surface area contributed by atoms with Crippen LogP contribution in [0.5, 0.6) is 0 Å². The van der Waals surface area contributed by atoms with Gasteiger partial charge in [-0.05, 0) is 47.2 Å². The number of nitrogens with one attached hydrogen (secondary N) is 2. The number of hydrazone groups is 1. The molecule has 0 spiro atoms. The number of hydrogen-bond acceptors (Lipinski definition) is 2. The summed E-state index contributed by atoms with van der Waals surface area (Å²) in [4.78, 5) is 14.6. The molecule has 0 bridgehead atoms. The highest BCUT2D eigenvalue weighted by molar-refractivity contribution is 9.10. The molecule has 1 aromatic heterocycles. The second kappa shape index (κ2) is 5.49. The molecule has 1 heterocycles. The van der Waals surface area contributed by atoms with E-state index in [0.29, 0.717) is 11.6 Å². The third-order valence-electron chi connectivity index (χ3n) is 3.08. The standard InChI is InChI=1S/C12H16BrN3O/c1-8-4-2-3-5-10(8)15-16-12(17)11-6-9(13)7-14-11/h6-8,14H,2-5H2,1H3,(H,16,17)/t8-/m1/s1. The van der Waals surface area contributed by atoms with Crippen LogP contribution < -0.4 is 5.43 Å². The molecule has 1 aromatic rings. The molecule has 0 aromatic carbocycles. The average molecular weight is 298 g/mol. The van der Waals surface area contributed by atoms with Crippen LogP contribution >= 0.6 is 15.9 Å². The van der Waals surface area contributed by atoms with E-state index < -0.39 is 0 Å². The normalized spacial score (nSPS) is 22.7. The topological polar surface area (TPSA) is 57.2 Å². The van der Waals surface area contributed by atoms with Gasteiger partial charge in [0.05, 0.1) is 0 Å². The first-order valence-electron chi connectivity index (χ1n) is 5.87. The van der Waals surface area contributed by atoms with Crippen LogP contribution in [0.3, 0.4) is 0 Å². The minimum absolute atomic E-state index is 0.194. The number of aromatic nitrogens is 1. The molecular weight excluding hydrogens is 282 g/mol. The number of aromatic amines is 1. The van der Waals surface area contributed by atoms with Crippen molar-refractivity contribution < 1.29 is 4.79 Å². The molecular formula is C12H16BrN3O. The molecule has 1 saturated carbocycles. The quantitative estimate of drug-likeness (QED) is 0.810. The van der Waals surface area contributed by atoms with Crippen LogP contribution in [0.1, 0.15) is 43.1 Å². The fourth-order valence-electron chi connectivity index (χ4n) is 2.02. The number of nitrogens with zero attached hydrogens (tertiary/aromatic N) is 1. The molecule has 17 heavy (non-hydrogen) atoms. The number of hydrogen-bond donors (Lipinski definition) is 2. The first kappa shape index (κ1) is 12.4. The zero-order chi connectivity index (χ0) is 12.3. The van der Waals surface area contributed by atoms with Crippen LogP contribution in [0.4, 0.5) is 0 Å². The van der Waals surface area contributed by atoms with Crippen molar-refractivity contribution in [2.45, 2.75) is 32.6 Å². The molecule has 1 fully saturated rings. The predicted octanol–water partition coefficient (Wildman–Crippen LogP) is 3.07. The summed E-state index contributed by atoms with van der Waals surface area (Å²) in [5.41, 5.74) is 4.23. The number of rotatable bonds is 2. The van der Waals surface area contributed by atoms with Gasteiger partial charge in [-0.3, -0.25) is 4.79 Å². The fourth-order valence-corrected chi connectivity index (χ4v) is 2.36. The summed E-state index contributed by atoms with van der Waals surface area (Å²) in [6, 6.07) is 1.74. The zero-order valence-electron chi connectivity index (χ0n) is 9.79. The maximum atomic E-state index is 11.7. The molecule has 5 heteroatoms. The Labute approximate surface area is 109 Å². The van der Waals surface area contributed by atoms with Crippen molar-refractivity contribution in [2.75, 3.05) is 0 Å². The number of amides is 1. The smallest absolute Gasteiger partial charge is 0.287 e.